The van der Waals surface area contributed by atoms with Crippen LogP contribution in [0.4, 0.5) is 5.95 Å². The first kappa shape index (κ1) is 16.2. The number of fused-ring (bicyclic) bond motifs is 1. The minimum absolute atomic E-state index is 0.0788. The second kappa shape index (κ2) is 6.84. The van der Waals surface area contributed by atoms with E-state index in [2.05, 4.69) is 15.5 Å². The van der Waals surface area contributed by atoms with Gasteiger partial charge in [-0.15, -0.1) is 0 Å². The fourth-order valence-electron chi connectivity index (χ4n) is 2.44. The largest absolute Gasteiger partial charge is 0.277 e. The van der Waals surface area contributed by atoms with E-state index in [0.717, 1.165) is 11.3 Å². The Labute approximate surface area is 144 Å². The summed E-state index contributed by atoms with van der Waals surface area (Å²) in [6, 6.07) is 14.7. The molecule has 1 N–H and O–H groups in total. The van der Waals surface area contributed by atoms with Crippen LogP contribution in [0.5, 0.6) is 0 Å². The fraction of sp³-hybridized carbons (Fsp3) is 0.167. The van der Waals surface area contributed by atoms with Gasteiger partial charge >= 0.3 is 0 Å². The molecule has 0 unspecified atom stereocenters. The third-order valence-corrected chi connectivity index (χ3v) is 4.02. The molecule has 6 heteroatoms. The summed E-state index contributed by atoms with van der Waals surface area (Å²) in [5.41, 5.74) is 5.20. The summed E-state index contributed by atoms with van der Waals surface area (Å²) >= 11 is 5.90. The van der Waals surface area contributed by atoms with E-state index in [4.69, 9.17) is 11.6 Å². The number of para-hydroxylation sites is 1. The van der Waals surface area contributed by atoms with Gasteiger partial charge in [0, 0.05) is 11.6 Å². The lowest BCUT2D eigenvalue weighted by Crippen LogP contribution is -2.23. The van der Waals surface area contributed by atoms with Gasteiger partial charge in [-0.2, -0.15) is 5.10 Å². The number of hydrogen-bond donors (Lipinski definition) is 1. The van der Waals surface area contributed by atoms with Crippen LogP contribution >= 0.6 is 11.6 Å². The average molecular weight is 341 g/mol. The van der Waals surface area contributed by atoms with Crippen LogP contribution < -0.4 is 11.0 Å². The summed E-state index contributed by atoms with van der Waals surface area (Å²) in [5.74, 6) is 0.425. The minimum Gasteiger partial charge on any atom is -0.277 e. The lowest BCUT2D eigenvalue weighted by Gasteiger charge is -2.11. The highest BCUT2D eigenvalue weighted by atomic mass is 35.5. The van der Waals surface area contributed by atoms with Gasteiger partial charge in [0.25, 0.3) is 5.56 Å². The first-order chi connectivity index (χ1) is 11.6. The number of benzene rings is 2. The monoisotopic (exact) mass is 340 g/mol. The van der Waals surface area contributed by atoms with E-state index >= 15 is 0 Å². The molecule has 0 bridgehead atoms. The quantitative estimate of drug-likeness (QED) is 0.578. The van der Waals surface area contributed by atoms with Crippen molar-refractivity contribution in [3.05, 3.63) is 69.5 Å². The third kappa shape index (κ3) is 3.16. The van der Waals surface area contributed by atoms with E-state index in [0.29, 0.717) is 28.4 Å². The molecule has 3 aromatic rings. The van der Waals surface area contributed by atoms with E-state index in [1.165, 1.54) is 0 Å². The zero-order chi connectivity index (χ0) is 17.1. The molecule has 0 aliphatic carbocycles. The predicted octanol–water partition coefficient (Wildman–Crippen LogP) is 3.91. The SMILES string of the molecule is CCn1c(N/N=C(/C)c2ccc(Cl)cc2)nc2ccccc2c1=O. The first-order valence-electron chi connectivity index (χ1n) is 7.66. The standard InChI is InChI=1S/C18H17ClN4O/c1-3-23-17(24)15-6-4-5-7-16(15)20-18(23)22-21-12(2)13-8-10-14(19)11-9-13/h4-11H,3H2,1-2H3,(H,20,22)/b21-12-. The molecule has 24 heavy (non-hydrogen) atoms. The van der Waals surface area contributed by atoms with Crippen LogP contribution in [-0.4, -0.2) is 15.3 Å². The molecule has 0 spiro atoms. The second-order valence-electron chi connectivity index (χ2n) is 5.32. The Morgan fingerprint density at radius 2 is 1.92 bits per heavy atom. The predicted molar refractivity (Wildman–Crippen MR) is 99.0 cm³/mol. The molecule has 0 radical (unpaired) electrons. The number of nitrogens with zero attached hydrogens (tertiary/aromatic N) is 3. The van der Waals surface area contributed by atoms with Crippen molar-refractivity contribution in [1.29, 1.82) is 0 Å². The van der Waals surface area contributed by atoms with Gasteiger partial charge in [-0.1, -0.05) is 35.9 Å². The summed E-state index contributed by atoms with van der Waals surface area (Å²) in [7, 11) is 0. The summed E-state index contributed by atoms with van der Waals surface area (Å²) in [4.78, 5) is 17.1. The number of rotatable bonds is 4. The topological polar surface area (TPSA) is 59.3 Å². The lowest BCUT2D eigenvalue weighted by molar-refractivity contribution is 0.724. The number of nitrogens with one attached hydrogen (secondary N) is 1. The van der Waals surface area contributed by atoms with E-state index in [9.17, 15) is 4.79 Å². The van der Waals surface area contributed by atoms with Crippen LogP contribution in [-0.2, 0) is 6.54 Å². The molecule has 1 heterocycles. The maximum Gasteiger partial charge on any atom is 0.262 e. The van der Waals surface area contributed by atoms with Gasteiger partial charge in [0.1, 0.15) is 0 Å². The Hall–Kier alpha value is -2.66. The third-order valence-electron chi connectivity index (χ3n) is 3.76. The van der Waals surface area contributed by atoms with Crippen LogP contribution in [0.2, 0.25) is 5.02 Å². The lowest BCUT2D eigenvalue weighted by atomic mass is 10.1. The number of anilines is 1. The summed E-state index contributed by atoms with van der Waals surface area (Å²) in [5, 5.41) is 5.63. The zero-order valence-electron chi connectivity index (χ0n) is 13.5. The molecule has 0 saturated carbocycles. The Morgan fingerprint density at radius 1 is 1.21 bits per heavy atom. The van der Waals surface area contributed by atoms with Crippen LogP contribution in [0.15, 0.2) is 58.4 Å². The molecule has 0 aliphatic heterocycles. The molecular formula is C18H17ClN4O. The highest BCUT2D eigenvalue weighted by Gasteiger charge is 2.09. The summed E-state index contributed by atoms with van der Waals surface area (Å²) in [6.07, 6.45) is 0. The molecule has 3 rings (SSSR count). The van der Waals surface area contributed by atoms with Gasteiger partial charge in [0.2, 0.25) is 5.95 Å². The average Bonchev–Trinajstić information content (AvgIpc) is 2.60. The highest BCUT2D eigenvalue weighted by molar-refractivity contribution is 6.30. The summed E-state index contributed by atoms with van der Waals surface area (Å²) in [6.45, 7) is 4.29. The molecule has 0 saturated heterocycles. The smallest absolute Gasteiger partial charge is 0.262 e. The van der Waals surface area contributed by atoms with Crippen LogP contribution in [0.1, 0.15) is 19.4 Å². The Bertz CT molecular complexity index is 961. The minimum atomic E-state index is -0.0788. The Balaban J connectivity index is 1.99. The van der Waals surface area contributed by atoms with E-state index < -0.39 is 0 Å². The van der Waals surface area contributed by atoms with Crippen molar-refractivity contribution in [1.82, 2.24) is 9.55 Å². The summed E-state index contributed by atoms with van der Waals surface area (Å²) < 4.78 is 1.57. The van der Waals surface area contributed by atoms with Crippen molar-refractivity contribution in [3.63, 3.8) is 0 Å². The van der Waals surface area contributed by atoms with Crippen LogP contribution in [0.3, 0.4) is 0 Å². The van der Waals surface area contributed by atoms with Gasteiger partial charge in [0.05, 0.1) is 16.6 Å². The molecule has 122 valence electrons. The van der Waals surface area contributed by atoms with Gasteiger partial charge < -0.3 is 0 Å². The number of aromatic nitrogens is 2. The highest BCUT2D eigenvalue weighted by Crippen LogP contribution is 2.13. The maximum absolute atomic E-state index is 12.6. The van der Waals surface area contributed by atoms with E-state index in [1.807, 2.05) is 56.3 Å². The molecule has 0 fully saturated rings. The molecule has 5 nitrogen and oxygen atoms in total. The van der Waals surface area contributed by atoms with Crippen molar-refractivity contribution in [3.8, 4) is 0 Å². The molecule has 0 amide bonds. The van der Waals surface area contributed by atoms with Crippen molar-refractivity contribution in [2.24, 2.45) is 5.10 Å². The normalized spacial score (nSPS) is 11.7. The number of hydrogen-bond acceptors (Lipinski definition) is 4. The number of halogens is 1. The molecule has 0 atom stereocenters. The first-order valence-corrected chi connectivity index (χ1v) is 8.03. The Kier molecular flexibility index (Phi) is 4.62. The Morgan fingerprint density at radius 3 is 2.62 bits per heavy atom. The van der Waals surface area contributed by atoms with Crippen LogP contribution in [0, 0.1) is 0 Å². The molecule has 0 aliphatic rings. The maximum atomic E-state index is 12.6. The zero-order valence-corrected chi connectivity index (χ0v) is 14.2. The van der Waals surface area contributed by atoms with Crippen molar-refractivity contribution in [2.75, 3.05) is 5.43 Å². The van der Waals surface area contributed by atoms with Gasteiger partial charge in [-0.3, -0.25) is 9.36 Å². The molecular weight excluding hydrogens is 324 g/mol. The number of hydrazone groups is 1. The van der Waals surface area contributed by atoms with E-state index in [-0.39, 0.29) is 5.56 Å². The van der Waals surface area contributed by atoms with E-state index in [1.54, 1.807) is 10.6 Å². The second-order valence-corrected chi connectivity index (χ2v) is 5.75. The van der Waals surface area contributed by atoms with Crippen LogP contribution in [0.25, 0.3) is 10.9 Å². The van der Waals surface area contributed by atoms with Crippen molar-refractivity contribution >= 4 is 34.2 Å². The van der Waals surface area contributed by atoms with Crippen molar-refractivity contribution in [2.45, 2.75) is 20.4 Å². The van der Waals surface area contributed by atoms with Gasteiger partial charge in [-0.25, -0.2) is 10.4 Å². The molecule has 2 aromatic carbocycles. The fourth-order valence-corrected chi connectivity index (χ4v) is 2.56. The van der Waals surface area contributed by atoms with Gasteiger partial charge in [0.15, 0.2) is 0 Å². The molecule has 1 aromatic heterocycles. The van der Waals surface area contributed by atoms with Gasteiger partial charge in [-0.05, 0) is 43.7 Å². The van der Waals surface area contributed by atoms with Crippen molar-refractivity contribution < 1.29 is 0 Å².